The van der Waals surface area contributed by atoms with E-state index >= 15 is 0 Å². The summed E-state index contributed by atoms with van der Waals surface area (Å²) in [7, 11) is 0. The van der Waals surface area contributed by atoms with Crippen molar-refractivity contribution in [2.75, 3.05) is 38.5 Å². The molecule has 0 N–H and O–H groups in total. The number of hydrogen-bond acceptors (Lipinski definition) is 4. The highest BCUT2D eigenvalue weighted by molar-refractivity contribution is 9.10. The second kappa shape index (κ2) is 9.17. The van der Waals surface area contributed by atoms with Crippen LogP contribution in [0, 0.1) is 0 Å². The van der Waals surface area contributed by atoms with Gasteiger partial charge in [-0.1, -0.05) is 28.1 Å². The maximum Gasteiger partial charge on any atom is 0.409 e. The summed E-state index contributed by atoms with van der Waals surface area (Å²) in [5.41, 5.74) is 1.20. The summed E-state index contributed by atoms with van der Waals surface area (Å²) in [5.74, 6) is 1.41. The quantitative estimate of drug-likeness (QED) is 0.761. The van der Waals surface area contributed by atoms with Crippen molar-refractivity contribution in [1.82, 2.24) is 9.80 Å². The second-order valence-electron chi connectivity index (χ2n) is 5.19. The van der Waals surface area contributed by atoms with Crippen molar-refractivity contribution >= 4 is 39.7 Å². The number of benzene rings is 1. The minimum absolute atomic E-state index is 0.133. The van der Waals surface area contributed by atoms with Crippen LogP contribution in [-0.4, -0.2) is 60.3 Å². The summed E-state index contributed by atoms with van der Waals surface area (Å²) < 4.78 is 6.03. The van der Waals surface area contributed by atoms with Crippen molar-refractivity contribution in [2.45, 2.75) is 12.7 Å². The highest BCUT2D eigenvalue weighted by atomic mass is 79.9. The number of nitrogens with zero attached hydrogens (tertiary/aromatic N) is 2. The average molecular weight is 401 g/mol. The molecule has 0 aromatic heterocycles. The van der Waals surface area contributed by atoms with Gasteiger partial charge in [-0.15, -0.1) is 11.8 Å². The van der Waals surface area contributed by atoms with Crippen LogP contribution in [0.25, 0.3) is 0 Å². The van der Waals surface area contributed by atoms with E-state index in [0.29, 0.717) is 38.5 Å². The number of hydrogen-bond donors (Lipinski definition) is 0. The van der Waals surface area contributed by atoms with Gasteiger partial charge in [0, 0.05) is 36.4 Å². The molecule has 1 heterocycles. The molecular weight excluding hydrogens is 380 g/mol. The van der Waals surface area contributed by atoms with E-state index < -0.39 is 0 Å². The summed E-state index contributed by atoms with van der Waals surface area (Å²) in [5, 5.41) is 0. The van der Waals surface area contributed by atoms with Gasteiger partial charge in [0.15, 0.2) is 0 Å². The van der Waals surface area contributed by atoms with Crippen molar-refractivity contribution in [3.63, 3.8) is 0 Å². The fraction of sp³-hybridized carbons (Fsp3) is 0.500. The number of carbonyl (C=O) groups is 2. The van der Waals surface area contributed by atoms with Gasteiger partial charge in [-0.05, 0) is 24.6 Å². The van der Waals surface area contributed by atoms with Crippen LogP contribution < -0.4 is 0 Å². The Morgan fingerprint density at radius 2 is 1.91 bits per heavy atom. The van der Waals surface area contributed by atoms with E-state index in [-0.39, 0.29) is 12.0 Å². The summed E-state index contributed by atoms with van der Waals surface area (Å²) in [4.78, 5) is 27.3. The number of thioether (sulfide) groups is 1. The van der Waals surface area contributed by atoms with E-state index in [2.05, 4.69) is 28.1 Å². The molecule has 1 aliphatic rings. The first-order valence-electron chi connectivity index (χ1n) is 7.62. The number of halogens is 1. The lowest BCUT2D eigenvalue weighted by molar-refractivity contribution is -0.129. The standard InChI is InChI=1S/C16H21BrN2O3S/c1-2-22-16(21)19-8-6-18(7-9-19)15(20)12-23-11-13-4-3-5-14(17)10-13/h3-5,10H,2,6-9,11-12H2,1H3. The van der Waals surface area contributed by atoms with Gasteiger partial charge in [-0.25, -0.2) is 4.79 Å². The third-order valence-electron chi connectivity index (χ3n) is 3.54. The zero-order valence-electron chi connectivity index (χ0n) is 13.2. The Morgan fingerprint density at radius 1 is 1.22 bits per heavy atom. The Kier molecular flexibility index (Phi) is 7.23. The minimum atomic E-state index is -0.288. The molecule has 0 aliphatic carbocycles. The normalized spacial score (nSPS) is 14.7. The van der Waals surface area contributed by atoms with Crippen molar-refractivity contribution in [3.8, 4) is 0 Å². The Labute approximate surface area is 149 Å². The van der Waals surface area contributed by atoms with Crippen molar-refractivity contribution in [2.24, 2.45) is 0 Å². The van der Waals surface area contributed by atoms with Crippen LogP contribution in [0.15, 0.2) is 28.7 Å². The van der Waals surface area contributed by atoms with Crippen LogP contribution in [0.5, 0.6) is 0 Å². The Hall–Kier alpha value is -1.21. The Balaban J connectivity index is 1.70. The van der Waals surface area contributed by atoms with Crippen LogP contribution in [0.3, 0.4) is 0 Å². The van der Waals surface area contributed by atoms with Gasteiger partial charge in [0.2, 0.25) is 5.91 Å². The SMILES string of the molecule is CCOC(=O)N1CCN(C(=O)CSCc2cccc(Br)c2)CC1. The number of rotatable bonds is 5. The van der Waals surface area contributed by atoms with Gasteiger partial charge in [0.25, 0.3) is 0 Å². The minimum Gasteiger partial charge on any atom is -0.450 e. The van der Waals surface area contributed by atoms with Gasteiger partial charge in [0.1, 0.15) is 0 Å². The van der Waals surface area contributed by atoms with Gasteiger partial charge in [0.05, 0.1) is 12.4 Å². The first-order valence-corrected chi connectivity index (χ1v) is 9.56. The van der Waals surface area contributed by atoms with Crippen LogP contribution in [-0.2, 0) is 15.3 Å². The maximum atomic E-state index is 12.2. The van der Waals surface area contributed by atoms with Crippen LogP contribution in [0.1, 0.15) is 12.5 Å². The molecule has 0 atom stereocenters. The van der Waals surface area contributed by atoms with E-state index in [1.54, 1.807) is 23.6 Å². The van der Waals surface area contributed by atoms with Crippen molar-refractivity contribution in [3.05, 3.63) is 34.3 Å². The molecule has 0 radical (unpaired) electrons. The zero-order chi connectivity index (χ0) is 16.7. The Bertz CT molecular complexity index is 548. The monoisotopic (exact) mass is 400 g/mol. The van der Waals surface area contributed by atoms with Gasteiger partial charge in [-0.3, -0.25) is 4.79 Å². The average Bonchev–Trinajstić information content (AvgIpc) is 2.55. The van der Waals surface area contributed by atoms with E-state index in [1.165, 1.54) is 5.56 Å². The summed E-state index contributed by atoms with van der Waals surface area (Å²) in [6, 6.07) is 8.11. The van der Waals surface area contributed by atoms with Gasteiger partial charge >= 0.3 is 6.09 Å². The summed E-state index contributed by atoms with van der Waals surface area (Å²) >= 11 is 5.06. The zero-order valence-corrected chi connectivity index (χ0v) is 15.6. The predicted octanol–water partition coefficient (Wildman–Crippen LogP) is 2.98. The van der Waals surface area contributed by atoms with E-state index in [4.69, 9.17) is 4.74 Å². The number of carbonyl (C=O) groups excluding carboxylic acids is 2. The molecule has 7 heteroatoms. The molecular formula is C16H21BrN2O3S. The molecule has 2 amide bonds. The van der Waals surface area contributed by atoms with E-state index in [9.17, 15) is 9.59 Å². The molecule has 5 nitrogen and oxygen atoms in total. The lowest BCUT2D eigenvalue weighted by Crippen LogP contribution is -2.51. The van der Waals surface area contributed by atoms with E-state index in [1.807, 2.05) is 17.0 Å². The number of amides is 2. The van der Waals surface area contributed by atoms with Crippen molar-refractivity contribution in [1.29, 1.82) is 0 Å². The van der Waals surface area contributed by atoms with Crippen LogP contribution in [0.2, 0.25) is 0 Å². The molecule has 1 fully saturated rings. The smallest absolute Gasteiger partial charge is 0.409 e. The molecule has 1 aromatic rings. The molecule has 1 saturated heterocycles. The second-order valence-corrected chi connectivity index (χ2v) is 7.09. The molecule has 23 heavy (non-hydrogen) atoms. The summed E-state index contributed by atoms with van der Waals surface area (Å²) in [6.45, 7) is 4.41. The predicted molar refractivity (Wildman–Crippen MR) is 95.5 cm³/mol. The molecule has 1 aliphatic heterocycles. The molecule has 126 valence electrons. The topological polar surface area (TPSA) is 49.9 Å². The van der Waals surface area contributed by atoms with Crippen molar-refractivity contribution < 1.29 is 14.3 Å². The molecule has 0 spiro atoms. The number of piperazine rings is 1. The van der Waals surface area contributed by atoms with Crippen LogP contribution >= 0.6 is 27.7 Å². The first kappa shape index (κ1) is 18.1. The molecule has 0 unspecified atom stereocenters. The van der Waals surface area contributed by atoms with Crippen LogP contribution in [0.4, 0.5) is 4.79 Å². The highest BCUT2D eigenvalue weighted by Gasteiger charge is 2.24. The number of ether oxygens (including phenoxy) is 1. The first-order chi connectivity index (χ1) is 11.1. The fourth-order valence-electron chi connectivity index (χ4n) is 2.33. The third-order valence-corrected chi connectivity index (χ3v) is 5.02. The summed E-state index contributed by atoms with van der Waals surface area (Å²) in [6.07, 6.45) is -0.288. The molecule has 2 rings (SSSR count). The fourth-order valence-corrected chi connectivity index (χ4v) is 3.65. The maximum absolute atomic E-state index is 12.2. The Morgan fingerprint density at radius 3 is 2.57 bits per heavy atom. The molecule has 1 aromatic carbocycles. The van der Waals surface area contributed by atoms with E-state index in [0.717, 1.165) is 10.2 Å². The lowest BCUT2D eigenvalue weighted by Gasteiger charge is -2.34. The largest absolute Gasteiger partial charge is 0.450 e. The lowest BCUT2D eigenvalue weighted by atomic mass is 10.2. The highest BCUT2D eigenvalue weighted by Crippen LogP contribution is 2.17. The molecule has 0 saturated carbocycles. The van der Waals surface area contributed by atoms with Gasteiger partial charge in [-0.2, -0.15) is 0 Å². The third kappa shape index (κ3) is 5.73. The van der Waals surface area contributed by atoms with Gasteiger partial charge < -0.3 is 14.5 Å². The molecule has 0 bridgehead atoms.